The molecule has 0 aliphatic heterocycles. The Hall–Kier alpha value is -2.69. The Morgan fingerprint density at radius 3 is 2.90 bits per heavy atom. The van der Waals surface area contributed by atoms with E-state index in [9.17, 15) is 0 Å². The minimum absolute atomic E-state index is 0.771. The highest BCUT2D eigenvalue weighted by Gasteiger charge is 2.03. The van der Waals surface area contributed by atoms with Gasteiger partial charge in [0.25, 0.3) is 0 Å². The van der Waals surface area contributed by atoms with Crippen molar-refractivity contribution in [2.24, 2.45) is 0 Å². The number of fused-ring (bicyclic) bond motifs is 1. The number of benzene rings is 1. The summed E-state index contributed by atoms with van der Waals surface area (Å²) in [5.74, 6) is 1.60. The van der Waals surface area contributed by atoms with Crippen molar-refractivity contribution in [1.82, 2.24) is 15.0 Å². The SMILES string of the molecule is CCCNc1cc(Nc2cccc3cnccc23)ncn1. The summed E-state index contributed by atoms with van der Waals surface area (Å²) in [5.41, 5.74) is 1.01. The van der Waals surface area contributed by atoms with Gasteiger partial charge in [0.1, 0.15) is 18.0 Å². The van der Waals surface area contributed by atoms with Gasteiger partial charge in [-0.05, 0) is 18.6 Å². The lowest BCUT2D eigenvalue weighted by molar-refractivity contribution is 0.965. The fraction of sp³-hybridized carbons (Fsp3) is 0.188. The second kappa shape index (κ2) is 6.17. The molecule has 0 radical (unpaired) electrons. The van der Waals surface area contributed by atoms with Crippen molar-refractivity contribution in [2.45, 2.75) is 13.3 Å². The van der Waals surface area contributed by atoms with E-state index in [0.29, 0.717) is 0 Å². The first kappa shape index (κ1) is 13.3. The average Bonchev–Trinajstić information content (AvgIpc) is 2.54. The van der Waals surface area contributed by atoms with Gasteiger partial charge in [-0.1, -0.05) is 19.1 Å². The van der Waals surface area contributed by atoms with Crippen molar-refractivity contribution in [1.29, 1.82) is 0 Å². The number of nitrogens with one attached hydrogen (secondary N) is 2. The van der Waals surface area contributed by atoms with Gasteiger partial charge in [0.15, 0.2) is 0 Å². The summed E-state index contributed by atoms with van der Waals surface area (Å²) in [7, 11) is 0. The maximum absolute atomic E-state index is 4.27. The molecule has 3 rings (SSSR count). The first-order valence-corrected chi connectivity index (χ1v) is 7.02. The summed E-state index contributed by atoms with van der Waals surface area (Å²) < 4.78 is 0. The number of aromatic nitrogens is 3. The highest BCUT2D eigenvalue weighted by molar-refractivity contribution is 5.94. The number of pyridine rings is 1. The molecule has 0 saturated carbocycles. The van der Waals surface area contributed by atoms with Gasteiger partial charge in [0.05, 0.1) is 0 Å². The third-order valence-electron chi connectivity index (χ3n) is 3.17. The standard InChI is InChI=1S/C16H17N5/c1-2-7-18-15-9-16(20-11-19-15)21-14-5-3-4-12-10-17-8-6-13(12)14/h3-6,8-11H,2,7H2,1H3,(H2,18,19,20,21). The van der Waals surface area contributed by atoms with Crippen LogP contribution in [0.2, 0.25) is 0 Å². The molecule has 0 fully saturated rings. The minimum Gasteiger partial charge on any atom is -0.370 e. The van der Waals surface area contributed by atoms with Gasteiger partial charge in [-0.2, -0.15) is 0 Å². The van der Waals surface area contributed by atoms with Crippen LogP contribution in [-0.2, 0) is 0 Å². The Morgan fingerprint density at radius 2 is 2.00 bits per heavy atom. The zero-order valence-electron chi connectivity index (χ0n) is 11.9. The van der Waals surface area contributed by atoms with E-state index in [1.165, 1.54) is 0 Å². The van der Waals surface area contributed by atoms with Crippen molar-refractivity contribution in [3.63, 3.8) is 0 Å². The molecule has 0 spiro atoms. The molecule has 2 N–H and O–H groups in total. The van der Waals surface area contributed by atoms with Gasteiger partial charge in [-0.3, -0.25) is 4.98 Å². The second-order valence-electron chi connectivity index (χ2n) is 4.74. The first-order chi connectivity index (χ1) is 10.4. The Morgan fingerprint density at radius 1 is 1.10 bits per heavy atom. The van der Waals surface area contributed by atoms with E-state index < -0.39 is 0 Å². The molecule has 0 atom stereocenters. The summed E-state index contributed by atoms with van der Waals surface area (Å²) in [4.78, 5) is 12.6. The van der Waals surface area contributed by atoms with E-state index in [2.05, 4.69) is 32.5 Å². The number of hydrogen-bond acceptors (Lipinski definition) is 5. The smallest absolute Gasteiger partial charge is 0.135 e. The Bertz CT molecular complexity index is 736. The molecule has 0 aliphatic carbocycles. The summed E-state index contributed by atoms with van der Waals surface area (Å²) in [5, 5.41) is 8.82. The fourth-order valence-electron chi connectivity index (χ4n) is 2.14. The van der Waals surface area contributed by atoms with Crippen LogP contribution < -0.4 is 10.6 Å². The van der Waals surface area contributed by atoms with Crippen molar-refractivity contribution in [3.05, 3.63) is 49.1 Å². The normalized spacial score (nSPS) is 10.5. The molecule has 5 nitrogen and oxygen atoms in total. The van der Waals surface area contributed by atoms with Gasteiger partial charge < -0.3 is 10.6 Å². The van der Waals surface area contributed by atoms with Crippen LogP contribution >= 0.6 is 0 Å². The van der Waals surface area contributed by atoms with Crippen LogP contribution in [0.5, 0.6) is 0 Å². The summed E-state index contributed by atoms with van der Waals surface area (Å²) >= 11 is 0. The monoisotopic (exact) mass is 279 g/mol. The van der Waals surface area contributed by atoms with Crippen LogP contribution in [-0.4, -0.2) is 21.5 Å². The van der Waals surface area contributed by atoms with Gasteiger partial charge in [-0.25, -0.2) is 9.97 Å². The van der Waals surface area contributed by atoms with Gasteiger partial charge in [0.2, 0.25) is 0 Å². The predicted octanol–water partition coefficient (Wildman–Crippen LogP) is 3.59. The molecule has 0 bridgehead atoms. The van der Waals surface area contributed by atoms with Gasteiger partial charge in [0, 0.05) is 41.5 Å². The van der Waals surface area contributed by atoms with Crippen LogP contribution in [0, 0.1) is 0 Å². The molecule has 0 unspecified atom stereocenters. The molecule has 106 valence electrons. The highest BCUT2D eigenvalue weighted by Crippen LogP contribution is 2.25. The van der Waals surface area contributed by atoms with Crippen molar-refractivity contribution in [3.8, 4) is 0 Å². The quantitative estimate of drug-likeness (QED) is 0.747. The second-order valence-corrected chi connectivity index (χ2v) is 4.74. The number of anilines is 3. The Kier molecular flexibility index (Phi) is 3.91. The Labute approximate surface area is 123 Å². The largest absolute Gasteiger partial charge is 0.370 e. The predicted molar refractivity (Wildman–Crippen MR) is 85.8 cm³/mol. The van der Waals surface area contributed by atoms with E-state index in [4.69, 9.17) is 0 Å². The maximum Gasteiger partial charge on any atom is 0.135 e. The third-order valence-corrected chi connectivity index (χ3v) is 3.17. The van der Waals surface area contributed by atoms with Crippen molar-refractivity contribution < 1.29 is 0 Å². The van der Waals surface area contributed by atoms with Crippen LogP contribution in [0.25, 0.3) is 10.8 Å². The number of nitrogens with zero attached hydrogens (tertiary/aromatic N) is 3. The molecular formula is C16H17N5. The summed E-state index contributed by atoms with van der Waals surface area (Å²) in [6.45, 7) is 3.02. The molecule has 0 aliphatic rings. The molecule has 0 saturated heterocycles. The lowest BCUT2D eigenvalue weighted by Crippen LogP contribution is -2.03. The molecule has 2 heterocycles. The van der Waals surface area contributed by atoms with Gasteiger partial charge in [-0.15, -0.1) is 0 Å². The van der Waals surface area contributed by atoms with Crippen molar-refractivity contribution >= 4 is 28.1 Å². The first-order valence-electron chi connectivity index (χ1n) is 7.02. The number of rotatable bonds is 5. The molecule has 0 amide bonds. The van der Waals surface area contributed by atoms with Crippen LogP contribution in [0.15, 0.2) is 49.1 Å². The van der Waals surface area contributed by atoms with Crippen LogP contribution in [0.1, 0.15) is 13.3 Å². The van der Waals surface area contributed by atoms with Crippen LogP contribution in [0.4, 0.5) is 17.3 Å². The molecule has 21 heavy (non-hydrogen) atoms. The average molecular weight is 279 g/mol. The van der Waals surface area contributed by atoms with E-state index in [1.807, 2.05) is 36.5 Å². The Balaban J connectivity index is 1.88. The minimum atomic E-state index is 0.771. The van der Waals surface area contributed by atoms with Crippen LogP contribution in [0.3, 0.4) is 0 Å². The topological polar surface area (TPSA) is 62.7 Å². The lowest BCUT2D eigenvalue weighted by atomic mass is 10.1. The van der Waals surface area contributed by atoms with E-state index in [0.717, 1.165) is 41.1 Å². The molecule has 3 aromatic rings. The summed E-state index contributed by atoms with van der Waals surface area (Å²) in [6, 6.07) is 9.99. The molecular weight excluding hydrogens is 262 g/mol. The molecule has 1 aromatic carbocycles. The van der Waals surface area contributed by atoms with Gasteiger partial charge >= 0.3 is 0 Å². The van der Waals surface area contributed by atoms with E-state index in [1.54, 1.807) is 12.5 Å². The molecule has 5 heteroatoms. The van der Waals surface area contributed by atoms with Crippen molar-refractivity contribution in [2.75, 3.05) is 17.2 Å². The third kappa shape index (κ3) is 3.08. The fourth-order valence-corrected chi connectivity index (χ4v) is 2.14. The maximum atomic E-state index is 4.27. The van der Waals surface area contributed by atoms with E-state index in [-0.39, 0.29) is 0 Å². The molecule has 2 aromatic heterocycles. The zero-order chi connectivity index (χ0) is 14.5. The number of hydrogen-bond donors (Lipinski definition) is 2. The summed E-state index contributed by atoms with van der Waals surface area (Å²) in [6.07, 6.45) is 6.27. The zero-order valence-corrected chi connectivity index (χ0v) is 11.9. The highest BCUT2D eigenvalue weighted by atomic mass is 15.1. The van der Waals surface area contributed by atoms with E-state index >= 15 is 0 Å². The lowest BCUT2D eigenvalue weighted by Gasteiger charge is -2.10.